The van der Waals surface area contributed by atoms with Crippen LogP contribution < -0.4 is 0 Å². The quantitative estimate of drug-likeness (QED) is 0.697. The third kappa shape index (κ3) is 3.01. The van der Waals surface area contributed by atoms with E-state index in [0.717, 1.165) is 22.4 Å². The van der Waals surface area contributed by atoms with Crippen LogP contribution in [0.2, 0.25) is 0 Å². The summed E-state index contributed by atoms with van der Waals surface area (Å²) < 4.78 is 14.6. The minimum Gasteiger partial charge on any atom is -0.375 e. The Bertz CT molecular complexity index is 522. The van der Waals surface area contributed by atoms with Crippen LogP contribution in [0, 0.1) is 11.9 Å². The van der Waals surface area contributed by atoms with Crippen LogP contribution in [0.25, 0.3) is 5.70 Å². The molecular weight excluding hydrogens is 370 g/mol. The van der Waals surface area contributed by atoms with Crippen molar-refractivity contribution < 1.29 is 37.1 Å². The van der Waals surface area contributed by atoms with E-state index in [-0.39, 0.29) is 38.5 Å². The van der Waals surface area contributed by atoms with Crippen LogP contribution in [0.3, 0.4) is 0 Å². The van der Waals surface area contributed by atoms with Gasteiger partial charge in [-0.2, -0.15) is 12.2 Å². The Kier molecular flexibility index (Phi) is 5.96. The predicted octanol–water partition coefficient (Wildman–Crippen LogP) is 4.10. The summed E-state index contributed by atoms with van der Waals surface area (Å²) in [5.41, 5.74) is 2.09. The first-order valence-electron chi connectivity index (χ1n) is 5.36. The average Bonchev–Trinajstić information content (AvgIpc) is 2.33. The van der Waals surface area contributed by atoms with Crippen LogP contribution in [0.5, 0.6) is 0 Å². The van der Waals surface area contributed by atoms with Gasteiger partial charge in [0.15, 0.2) is 0 Å². The Morgan fingerprint density at radius 2 is 2.06 bits per heavy atom. The van der Waals surface area contributed by atoms with Crippen molar-refractivity contribution in [3.63, 3.8) is 0 Å². The predicted molar refractivity (Wildman–Crippen MR) is 71.6 cm³/mol. The molecule has 91 valence electrons. The Labute approximate surface area is 140 Å². The fraction of sp³-hybridized carbons (Fsp3) is 0.143. The number of benzene rings is 1. The van der Waals surface area contributed by atoms with Crippen molar-refractivity contribution in [1.29, 1.82) is 0 Å². The van der Waals surface area contributed by atoms with Crippen molar-refractivity contribution in [3.8, 4) is 0 Å². The smallest absolute Gasteiger partial charge is 0.0781 e. The van der Waals surface area contributed by atoms with E-state index in [0.29, 0.717) is 5.56 Å². The van der Waals surface area contributed by atoms with Crippen molar-refractivity contribution in [2.45, 2.75) is 6.92 Å². The monoisotopic (exact) mass is 381 g/mol. The topological polar surface area (TPSA) is 3.24 Å². The molecule has 1 aliphatic rings. The number of halogens is 2. The fourth-order valence-corrected chi connectivity index (χ4v) is 2.11. The normalized spacial score (nSPS) is 14.8. The van der Waals surface area contributed by atoms with E-state index < -0.39 is 0 Å². The molecule has 1 aromatic carbocycles. The van der Waals surface area contributed by atoms with E-state index in [1.54, 1.807) is 18.2 Å². The molecule has 0 unspecified atom stereocenters. The Morgan fingerprint density at radius 3 is 2.67 bits per heavy atom. The number of hydrogen-bond donors (Lipinski definition) is 0. The van der Waals surface area contributed by atoms with Crippen molar-refractivity contribution in [2.24, 2.45) is 0 Å². The molecule has 0 N–H and O–H groups in total. The molecule has 1 aliphatic heterocycles. The summed E-state index contributed by atoms with van der Waals surface area (Å²) in [6.07, 6.45) is 4.86. The zero-order chi connectivity index (χ0) is 12.4. The summed E-state index contributed by atoms with van der Waals surface area (Å²) in [6.45, 7) is 6.70. The molecule has 4 heteroatoms. The first kappa shape index (κ1) is 15.8. The molecule has 1 heterocycles. The molecular formula is C14H12BrFNY-. The molecule has 2 rings (SSSR count). The van der Waals surface area contributed by atoms with Crippen molar-refractivity contribution in [1.82, 2.24) is 4.90 Å². The molecule has 1 nitrogen and oxygen atoms in total. The van der Waals surface area contributed by atoms with E-state index >= 15 is 0 Å². The van der Waals surface area contributed by atoms with Crippen LogP contribution in [0.4, 0.5) is 4.39 Å². The Balaban J connectivity index is 0.00000162. The largest absolute Gasteiger partial charge is 0.375 e. The number of hydrogen-bond acceptors (Lipinski definition) is 1. The van der Waals surface area contributed by atoms with Gasteiger partial charge >= 0.3 is 0 Å². The van der Waals surface area contributed by atoms with E-state index in [2.05, 4.69) is 28.6 Å². The van der Waals surface area contributed by atoms with Gasteiger partial charge in [-0.1, -0.05) is 34.5 Å². The third-order valence-corrected chi connectivity index (χ3v) is 3.34. The molecule has 0 spiro atoms. The SMILES string of the molecule is C=C1C(Br)=C[C-]=C(c2ccccc2F)N1CC.[Y]. The average molecular weight is 382 g/mol. The molecule has 0 saturated carbocycles. The zero-order valence-corrected chi connectivity index (χ0v) is 14.5. The van der Waals surface area contributed by atoms with Crippen molar-refractivity contribution in [3.05, 3.63) is 64.6 Å². The summed E-state index contributed by atoms with van der Waals surface area (Å²) in [5.74, 6) is -0.243. The first-order chi connectivity index (χ1) is 8.15. The van der Waals surface area contributed by atoms with Crippen LogP contribution in [-0.4, -0.2) is 11.4 Å². The second kappa shape index (κ2) is 6.79. The second-order valence-corrected chi connectivity index (χ2v) is 4.51. The molecule has 0 bridgehead atoms. The number of likely N-dealkylation sites (N-methyl/N-ethyl adjacent to an activating group) is 1. The van der Waals surface area contributed by atoms with Gasteiger partial charge in [-0.05, 0) is 18.7 Å². The molecule has 0 atom stereocenters. The van der Waals surface area contributed by atoms with Crippen molar-refractivity contribution >= 4 is 21.6 Å². The minimum absolute atomic E-state index is 0. The Morgan fingerprint density at radius 1 is 1.39 bits per heavy atom. The van der Waals surface area contributed by atoms with Crippen LogP contribution >= 0.6 is 15.9 Å². The second-order valence-electron chi connectivity index (χ2n) is 3.66. The molecule has 0 amide bonds. The van der Waals surface area contributed by atoms with Crippen LogP contribution in [-0.2, 0) is 32.7 Å². The first-order valence-corrected chi connectivity index (χ1v) is 6.15. The van der Waals surface area contributed by atoms with E-state index in [4.69, 9.17) is 0 Å². The van der Waals surface area contributed by atoms with Gasteiger partial charge in [0.2, 0.25) is 0 Å². The number of allylic oxidation sites excluding steroid dienone is 3. The number of rotatable bonds is 2. The summed E-state index contributed by atoms with van der Waals surface area (Å²) in [7, 11) is 0. The van der Waals surface area contributed by atoms with Gasteiger partial charge in [-0.25, -0.2) is 4.39 Å². The minimum atomic E-state index is -0.243. The van der Waals surface area contributed by atoms with E-state index in [1.165, 1.54) is 6.07 Å². The fourth-order valence-electron chi connectivity index (χ4n) is 1.78. The molecule has 0 saturated heterocycles. The zero-order valence-electron chi connectivity index (χ0n) is 10.1. The van der Waals surface area contributed by atoms with Crippen molar-refractivity contribution in [2.75, 3.05) is 6.54 Å². The molecule has 0 fully saturated rings. The molecule has 0 aromatic heterocycles. The van der Waals surface area contributed by atoms with Gasteiger partial charge in [0, 0.05) is 39.3 Å². The van der Waals surface area contributed by atoms with Crippen LogP contribution in [0.15, 0.2) is 47.1 Å². The molecule has 1 aromatic rings. The van der Waals surface area contributed by atoms with Gasteiger partial charge in [-0.15, -0.1) is 22.0 Å². The maximum atomic E-state index is 13.8. The molecule has 1 radical (unpaired) electrons. The summed E-state index contributed by atoms with van der Waals surface area (Å²) in [6, 6.07) is 6.70. The van der Waals surface area contributed by atoms with Gasteiger partial charge in [0.25, 0.3) is 0 Å². The maximum Gasteiger partial charge on any atom is 0.0781 e. The van der Waals surface area contributed by atoms with E-state index in [1.807, 2.05) is 17.9 Å². The van der Waals surface area contributed by atoms with Gasteiger partial charge in [-0.3, -0.25) is 0 Å². The molecule has 0 aliphatic carbocycles. The maximum absolute atomic E-state index is 13.8. The van der Waals surface area contributed by atoms with Gasteiger partial charge in [0.1, 0.15) is 0 Å². The standard InChI is InChI=1S/C14H12BrFN.Y/c1-3-17-10(2)12(15)8-9-14(17)11-6-4-5-7-13(11)16;/h4-8H,2-3H2,1H3;/q-1;. The summed E-state index contributed by atoms with van der Waals surface area (Å²) >= 11 is 3.40. The van der Waals surface area contributed by atoms with Crippen LogP contribution in [0.1, 0.15) is 12.5 Å². The number of nitrogens with zero attached hydrogens (tertiary/aromatic N) is 1. The third-order valence-electron chi connectivity index (χ3n) is 2.65. The molecule has 18 heavy (non-hydrogen) atoms. The van der Waals surface area contributed by atoms with Gasteiger partial charge in [0.05, 0.1) is 5.82 Å². The summed E-state index contributed by atoms with van der Waals surface area (Å²) in [5, 5.41) is 0. The Hall–Kier alpha value is -0.246. The summed E-state index contributed by atoms with van der Waals surface area (Å²) in [4.78, 5) is 1.93. The van der Waals surface area contributed by atoms with E-state index in [9.17, 15) is 4.39 Å². The van der Waals surface area contributed by atoms with Gasteiger partial charge < -0.3 is 4.90 Å².